The van der Waals surface area contributed by atoms with Crippen LogP contribution in [0.1, 0.15) is 25.0 Å². The Morgan fingerprint density at radius 1 is 1.42 bits per heavy atom. The summed E-state index contributed by atoms with van der Waals surface area (Å²) < 4.78 is 10.7. The van der Waals surface area contributed by atoms with Gasteiger partial charge in [-0.25, -0.2) is 4.79 Å². The van der Waals surface area contributed by atoms with E-state index in [4.69, 9.17) is 14.6 Å². The first-order valence-electron chi connectivity index (χ1n) is 6.18. The highest BCUT2D eigenvalue weighted by Crippen LogP contribution is 2.22. The van der Waals surface area contributed by atoms with E-state index in [-0.39, 0.29) is 0 Å². The predicted molar refractivity (Wildman–Crippen MR) is 74.2 cm³/mol. The van der Waals surface area contributed by atoms with Gasteiger partial charge in [-0.1, -0.05) is 19.9 Å². The minimum Gasteiger partial charge on any atom is -0.496 e. The molecule has 0 amide bonds. The molecule has 0 saturated heterocycles. The van der Waals surface area contributed by atoms with Gasteiger partial charge in [0.05, 0.1) is 13.7 Å². The van der Waals surface area contributed by atoms with E-state index >= 15 is 0 Å². The lowest BCUT2D eigenvalue weighted by atomic mass is 10.1. The van der Waals surface area contributed by atoms with Gasteiger partial charge in [-0.2, -0.15) is 0 Å². The van der Waals surface area contributed by atoms with E-state index in [1.165, 1.54) is 6.08 Å². The second kappa shape index (κ2) is 7.59. The van der Waals surface area contributed by atoms with Gasteiger partial charge in [0.1, 0.15) is 5.75 Å². The first kappa shape index (κ1) is 15.2. The van der Waals surface area contributed by atoms with E-state index in [9.17, 15) is 4.79 Å². The third-order valence-electron chi connectivity index (χ3n) is 2.42. The number of hydrogen-bond donors (Lipinski definition) is 1. The number of methoxy groups -OCH3 is 1. The Morgan fingerprint density at radius 3 is 2.74 bits per heavy atom. The largest absolute Gasteiger partial charge is 0.496 e. The van der Waals surface area contributed by atoms with Crippen molar-refractivity contribution in [3.05, 3.63) is 35.4 Å². The van der Waals surface area contributed by atoms with E-state index in [2.05, 4.69) is 13.8 Å². The Hall–Kier alpha value is -1.81. The lowest BCUT2D eigenvalue weighted by Crippen LogP contribution is -2.02. The molecule has 0 aliphatic heterocycles. The molecule has 0 aromatic heterocycles. The van der Waals surface area contributed by atoms with Gasteiger partial charge in [0.15, 0.2) is 0 Å². The molecule has 1 rings (SSSR count). The van der Waals surface area contributed by atoms with Crippen molar-refractivity contribution in [3.8, 4) is 5.75 Å². The quantitative estimate of drug-likeness (QED) is 0.769. The molecule has 0 aliphatic rings. The molecule has 4 nitrogen and oxygen atoms in total. The van der Waals surface area contributed by atoms with Gasteiger partial charge >= 0.3 is 5.97 Å². The van der Waals surface area contributed by atoms with Crippen molar-refractivity contribution in [1.29, 1.82) is 0 Å². The topological polar surface area (TPSA) is 55.8 Å². The average molecular weight is 264 g/mol. The minimum absolute atomic E-state index is 0.490. The number of hydrogen-bond acceptors (Lipinski definition) is 3. The van der Waals surface area contributed by atoms with Crippen LogP contribution in [0, 0.1) is 5.92 Å². The summed E-state index contributed by atoms with van der Waals surface area (Å²) in [6, 6.07) is 5.60. The van der Waals surface area contributed by atoms with Crippen LogP contribution in [0.5, 0.6) is 5.75 Å². The fourth-order valence-electron chi connectivity index (χ4n) is 1.58. The van der Waals surface area contributed by atoms with Gasteiger partial charge in [-0.3, -0.25) is 0 Å². The van der Waals surface area contributed by atoms with Crippen LogP contribution in [0.15, 0.2) is 24.3 Å². The number of rotatable bonds is 7. The van der Waals surface area contributed by atoms with Crippen molar-refractivity contribution in [2.24, 2.45) is 5.92 Å². The first-order valence-corrected chi connectivity index (χ1v) is 6.18. The SMILES string of the molecule is COc1ccc(COCC(C)C)cc1/C=C/C(=O)O. The van der Waals surface area contributed by atoms with E-state index < -0.39 is 5.97 Å². The van der Waals surface area contributed by atoms with E-state index in [1.807, 2.05) is 18.2 Å². The molecule has 0 saturated carbocycles. The molecule has 0 atom stereocenters. The number of carboxylic acids is 1. The smallest absolute Gasteiger partial charge is 0.328 e. The Bertz CT molecular complexity index is 449. The number of carbonyl (C=O) groups is 1. The molecule has 1 N–H and O–H groups in total. The Balaban J connectivity index is 2.79. The third kappa shape index (κ3) is 5.57. The Morgan fingerprint density at radius 2 is 2.16 bits per heavy atom. The fourth-order valence-corrected chi connectivity index (χ4v) is 1.58. The summed E-state index contributed by atoms with van der Waals surface area (Å²) in [5.41, 5.74) is 1.72. The Kier molecular flexibility index (Phi) is 6.09. The lowest BCUT2D eigenvalue weighted by molar-refractivity contribution is -0.131. The van der Waals surface area contributed by atoms with Gasteiger partial charge in [-0.05, 0) is 29.7 Å². The van der Waals surface area contributed by atoms with E-state index in [1.54, 1.807) is 7.11 Å². The molecule has 0 fully saturated rings. The molecule has 0 bridgehead atoms. The number of carboxylic acid groups (broad SMARTS) is 1. The molecule has 104 valence electrons. The summed E-state index contributed by atoms with van der Waals surface area (Å²) in [5, 5.41) is 8.66. The zero-order valence-corrected chi connectivity index (χ0v) is 11.6. The maximum atomic E-state index is 10.6. The summed E-state index contributed by atoms with van der Waals surface area (Å²) in [5.74, 6) is 0.151. The van der Waals surface area contributed by atoms with Crippen LogP contribution in [0.25, 0.3) is 6.08 Å². The molecule has 1 aromatic rings. The predicted octanol–water partition coefficient (Wildman–Crippen LogP) is 2.97. The standard InChI is InChI=1S/C15H20O4/c1-11(2)9-19-10-12-4-6-14(18-3)13(8-12)5-7-15(16)17/h4-8,11H,9-10H2,1-3H3,(H,16,17)/b7-5+. The van der Waals surface area contributed by atoms with Crippen LogP contribution in [-0.4, -0.2) is 24.8 Å². The van der Waals surface area contributed by atoms with Crippen molar-refractivity contribution in [1.82, 2.24) is 0 Å². The minimum atomic E-state index is -0.983. The zero-order chi connectivity index (χ0) is 14.3. The van der Waals surface area contributed by atoms with Crippen LogP contribution >= 0.6 is 0 Å². The highest BCUT2D eigenvalue weighted by Gasteiger charge is 2.03. The summed E-state index contributed by atoms with van der Waals surface area (Å²) in [6.45, 7) is 5.40. The molecular formula is C15H20O4. The highest BCUT2D eigenvalue weighted by atomic mass is 16.5. The fraction of sp³-hybridized carbons (Fsp3) is 0.400. The van der Waals surface area contributed by atoms with E-state index in [0.717, 1.165) is 17.2 Å². The second-order valence-corrected chi connectivity index (χ2v) is 4.66. The molecule has 0 radical (unpaired) electrons. The van der Waals surface area contributed by atoms with Gasteiger partial charge in [0, 0.05) is 18.2 Å². The summed E-state index contributed by atoms with van der Waals surface area (Å²) >= 11 is 0. The van der Waals surface area contributed by atoms with Crippen LogP contribution < -0.4 is 4.74 Å². The van der Waals surface area contributed by atoms with Crippen LogP contribution in [-0.2, 0) is 16.1 Å². The molecular weight excluding hydrogens is 244 g/mol. The zero-order valence-electron chi connectivity index (χ0n) is 11.6. The lowest BCUT2D eigenvalue weighted by Gasteiger charge is -2.10. The van der Waals surface area contributed by atoms with Crippen LogP contribution in [0.3, 0.4) is 0 Å². The van der Waals surface area contributed by atoms with Crippen LogP contribution in [0.2, 0.25) is 0 Å². The number of benzene rings is 1. The van der Waals surface area contributed by atoms with Crippen molar-refractivity contribution in [2.75, 3.05) is 13.7 Å². The molecule has 0 spiro atoms. The van der Waals surface area contributed by atoms with Crippen molar-refractivity contribution in [2.45, 2.75) is 20.5 Å². The summed E-state index contributed by atoms with van der Waals surface area (Å²) in [4.78, 5) is 10.6. The van der Waals surface area contributed by atoms with Crippen molar-refractivity contribution < 1.29 is 19.4 Å². The number of ether oxygens (including phenoxy) is 2. The molecule has 0 heterocycles. The maximum Gasteiger partial charge on any atom is 0.328 e. The van der Waals surface area contributed by atoms with Crippen LogP contribution in [0.4, 0.5) is 0 Å². The molecule has 4 heteroatoms. The monoisotopic (exact) mass is 264 g/mol. The highest BCUT2D eigenvalue weighted by molar-refractivity contribution is 5.85. The molecule has 1 aromatic carbocycles. The molecule has 0 unspecified atom stereocenters. The van der Waals surface area contributed by atoms with E-state index in [0.29, 0.717) is 24.9 Å². The second-order valence-electron chi connectivity index (χ2n) is 4.66. The number of aliphatic carboxylic acids is 1. The van der Waals surface area contributed by atoms with Gasteiger partial charge in [-0.15, -0.1) is 0 Å². The summed E-state index contributed by atoms with van der Waals surface area (Å²) in [7, 11) is 1.56. The molecule has 0 aliphatic carbocycles. The third-order valence-corrected chi connectivity index (χ3v) is 2.42. The van der Waals surface area contributed by atoms with Gasteiger partial charge in [0.2, 0.25) is 0 Å². The normalized spacial score (nSPS) is 11.2. The molecule has 19 heavy (non-hydrogen) atoms. The van der Waals surface area contributed by atoms with Gasteiger partial charge in [0.25, 0.3) is 0 Å². The van der Waals surface area contributed by atoms with Crippen molar-refractivity contribution in [3.63, 3.8) is 0 Å². The maximum absolute atomic E-state index is 10.6. The van der Waals surface area contributed by atoms with Gasteiger partial charge < -0.3 is 14.6 Å². The first-order chi connectivity index (χ1) is 9.02. The average Bonchev–Trinajstić information content (AvgIpc) is 2.36. The summed E-state index contributed by atoms with van der Waals surface area (Å²) in [6.07, 6.45) is 2.61. The van der Waals surface area contributed by atoms with Crippen molar-refractivity contribution >= 4 is 12.0 Å². The Labute approximate surface area is 113 Å².